The summed E-state index contributed by atoms with van der Waals surface area (Å²) in [5.41, 5.74) is 0.958. The Labute approximate surface area is 164 Å². The van der Waals surface area contributed by atoms with Gasteiger partial charge in [-0.3, -0.25) is 0 Å². The second-order valence-electron chi connectivity index (χ2n) is 7.53. The fourth-order valence-corrected chi connectivity index (χ4v) is 4.11. The van der Waals surface area contributed by atoms with E-state index in [4.69, 9.17) is 4.98 Å². The normalized spacial score (nSPS) is 17.7. The van der Waals surface area contributed by atoms with Gasteiger partial charge in [-0.1, -0.05) is 0 Å². The van der Waals surface area contributed by atoms with Crippen molar-refractivity contribution in [1.29, 1.82) is 0 Å². The van der Waals surface area contributed by atoms with Crippen molar-refractivity contribution >= 4 is 23.2 Å². The van der Waals surface area contributed by atoms with Crippen LogP contribution < -0.4 is 14.7 Å². The van der Waals surface area contributed by atoms with Gasteiger partial charge < -0.3 is 14.7 Å². The molecule has 9 heteroatoms. The fourth-order valence-electron chi connectivity index (χ4n) is 4.11. The Hall–Kier alpha value is -2.97. The second kappa shape index (κ2) is 6.88. The molecule has 0 spiro atoms. The molecule has 0 amide bonds. The van der Waals surface area contributed by atoms with Crippen molar-refractivity contribution < 1.29 is 0 Å². The van der Waals surface area contributed by atoms with E-state index in [2.05, 4.69) is 46.9 Å². The van der Waals surface area contributed by atoms with Gasteiger partial charge in [-0.15, -0.1) is 0 Å². The third-order valence-electron chi connectivity index (χ3n) is 5.53. The van der Waals surface area contributed by atoms with Crippen LogP contribution in [0.5, 0.6) is 0 Å². The fraction of sp³-hybridized carbons (Fsp3) is 0.526. The lowest BCUT2D eigenvalue weighted by molar-refractivity contribution is 0.631. The summed E-state index contributed by atoms with van der Waals surface area (Å²) in [5, 5.41) is 4.34. The maximum Gasteiger partial charge on any atom is 0.254 e. The molecular weight excluding hydrogens is 354 g/mol. The number of fused-ring (bicyclic) bond motifs is 1. The van der Waals surface area contributed by atoms with Crippen molar-refractivity contribution in [2.24, 2.45) is 0 Å². The Balaban J connectivity index is 1.35. The molecule has 146 valence electrons. The van der Waals surface area contributed by atoms with E-state index in [1.165, 1.54) is 12.8 Å². The van der Waals surface area contributed by atoms with Crippen LogP contribution in [0.15, 0.2) is 18.5 Å². The minimum atomic E-state index is 0.652. The summed E-state index contributed by atoms with van der Waals surface area (Å²) in [6, 6.07) is 4.23. The summed E-state index contributed by atoms with van der Waals surface area (Å²) in [6.07, 6.45) is 4.06. The summed E-state index contributed by atoms with van der Waals surface area (Å²) >= 11 is 0. The third kappa shape index (κ3) is 3.10. The zero-order valence-electron chi connectivity index (χ0n) is 16.4. The van der Waals surface area contributed by atoms with E-state index in [9.17, 15) is 0 Å². The molecule has 5 rings (SSSR count). The Morgan fingerprint density at radius 1 is 0.750 bits per heavy atom. The molecule has 0 N–H and O–H groups in total. The summed E-state index contributed by atoms with van der Waals surface area (Å²) in [5.74, 6) is 4.65. The standard InChI is InChI=1S/C19H25N9/c1-14-11-18(28-19(22-14)20-13-21-28)27-9-7-26(8-10-27)17-12-16(23-15(2)24-17)25-5-3-4-6-25/h11-13H,3-10H2,1-2H3. The van der Waals surface area contributed by atoms with Crippen molar-refractivity contribution in [2.45, 2.75) is 26.7 Å². The maximum absolute atomic E-state index is 4.71. The molecule has 5 heterocycles. The van der Waals surface area contributed by atoms with Crippen LogP contribution in [0, 0.1) is 13.8 Å². The molecule has 3 aromatic rings. The summed E-state index contributed by atoms with van der Waals surface area (Å²) < 4.78 is 1.82. The van der Waals surface area contributed by atoms with Gasteiger partial charge in [0.2, 0.25) is 0 Å². The van der Waals surface area contributed by atoms with E-state index < -0.39 is 0 Å². The van der Waals surface area contributed by atoms with Crippen molar-refractivity contribution in [3.05, 3.63) is 30.0 Å². The molecule has 3 aromatic heterocycles. The predicted octanol–water partition coefficient (Wildman–Crippen LogP) is 1.46. The summed E-state index contributed by atoms with van der Waals surface area (Å²) in [4.78, 5) is 25.1. The largest absolute Gasteiger partial charge is 0.356 e. The minimum Gasteiger partial charge on any atom is -0.356 e. The van der Waals surface area contributed by atoms with Gasteiger partial charge in [0.25, 0.3) is 5.78 Å². The molecule has 28 heavy (non-hydrogen) atoms. The number of rotatable bonds is 3. The lowest BCUT2D eigenvalue weighted by Crippen LogP contribution is -2.47. The number of hydrogen-bond acceptors (Lipinski definition) is 8. The van der Waals surface area contributed by atoms with Crippen LogP contribution in [0.2, 0.25) is 0 Å². The molecule has 0 bridgehead atoms. The van der Waals surface area contributed by atoms with Crippen LogP contribution in [0.4, 0.5) is 17.5 Å². The molecule has 0 saturated carbocycles. The molecule has 2 saturated heterocycles. The lowest BCUT2D eigenvalue weighted by Gasteiger charge is -2.36. The molecule has 9 nitrogen and oxygen atoms in total. The minimum absolute atomic E-state index is 0.652. The number of hydrogen-bond donors (Lipinski definition) is 0. The van der Waals surface area contributed by atoms with Gasteiger partial charge >= 0.3 is 0 Å². The highest BCUT2D eigenvalue weighted by Gasteiger charge is 2.23. The smallest absolute Gasteiger partial charge is 0.254 e. The van der Waals surface area contributed by atoms with Crippen LogP contribution in [0.3, 0.4) is 0 Å². The highest BCUT2D eigenvalue weighted by molar-refractivity contribution is 5.54. The highest BCUT2D eigenvalue weighted by Crippen LogP contribution is 2.25. The quantitative estimate of drug-likeness (QED) is 0.677. The zero-order valence-corrected chi connectivity index (χ0v) is 16.4. The van der Waals surface area contributed by atoms with E-state index in [-0.39, 0.29) is 0 Å². The molecule has 0 aromatic carbocycles. The van der Waals surface area contributed by atoms with Crippen molar-refractivity contribution in [3.8, 4) is 0 Å². The molecule has 2 aliphatic heterocycles. The average molecular weight is 379 g/mol. The van der Waals surface area contributed by atoms with E-state index in [1.807, 2.05) is 18.4 Å². The van der Waals surface area contributed by atoms with E-state index in [1.54, 1.807) is 6.33 Å². The van der Waals surface area contributed by atoms with Crippen LogP contribution in [0.1, 0.15) is 24.4 Å². The lowest BCUT2D eigenvalue weighted by atomic mass is 10.3. The van der Waals surface area contributed by atoms with Crippen LogP contribution in [-0.4, -0.2) is 68.8 Å². The molecule has 0 aliphatic carbocycles. The van der Waals surface area contributed by atoms with E-state index in [0.717, 1.165) is 68.2 Å². The number of piperazine rings is 1. The van der Waals surface area contributed by atoms with Gasteiger partial charge in [0, 0.05) is 57.1 Å². The van der Waals surface area contributed by atoms with Gasteiger partial charge in [0.15, 0.2) is 0 Å². The van der Waals surface area contributed by atoms with Crippen LogP contribution >= 0.6 is 0 Å². The summed E-state index contributed by atoms with van der Waals surface area (Å²) in [7, 11) is 0. The molecule has 0 radical (unpaired) electrons. The first kappa shape index (κ1) is 17.2. The van der Waals surface area contributed by atoms with Gasteiger partial charge in [0.1, 0.15) is 29.6 Å². The first-order valence-electron chi connectivity index (χ1n) is 9.95. The number of aryl methyl sites for hydroxylation is 2. The number of nitrogens with zero attached hydrogens (tertiary/aromatic N) is 9. The van der Waals surface area contributed by atoms with Gasteiger partial charge in [0.05, 0.1) is 0 Å². The third-order valence-corrected chi connectivity index (χ3v) is 5.53. The van der Waals surface area contributed by atoms with Crippen molar-refractivity contribution in [3.63, 3.8) is 0 Å². The summed E-state index contributed by atoms with van der Waals surface area (Å²) in [6.45, 7) is 9.80. The molecular formula is C19H25N9. The van der Waals surface area contributed by atoms with Crippen molar-refractivity contribution in [2.75, 3.05) is 54.0 Å². The monoisotopic (exact) mass is 379 g/mol. The topological polar surface area (TPSA) is 78.6 Å². The van der Waals surface area contributed by atoms with Crippen LogP contribution in [-0.2, 0) is 0 Å². The highest BCUT2D eigenvalue weighted by atomic mass is 15.4. The first-order chi connectivity index (χ1) is 13.7. The average Bonchev–Trinajstić information content (AvgIpc) is 3.39. The van der Waals surface area contributed by atoms with Gasteiger partial charge in [-0.2, -0.15) is 14.6 Å². The second-order valence-corrected chi connectivity index (χ2v) is 7.53. The van der Waals surface area contributed by atoms with Crippen LogP contribution in [0.25, 0.3) is 5.78 Å². The Morgan fingerprint density at radius 3 is 2.11 bits per heavy atom. The van der Waals surface area contributed by atoms with Gasteiger partial charge in [-0.05, 0) is 26.7 Å². The van der Waals surface area contributed by atoms with E-state index >= 15 is 0 Å². The number of anilines is 3. The maximum atomic E-state index is 4.71. The zero-order chi connectivity index (χ0) is 19.1. The van der Waals surface area contributed by atoms with E-state index in [0.29, 0.717) is 5.78 Å². The predicted molar refractivity (Wildman–Crippen MR) is 108 cm³/mol. The molecule has 0 atom stereocenters. The molecule has 2 fully saturated rings. The Kier molecular flexibility index (Phi) is 4.22. The van der Waals surface area contributed by atoms with Crippen molar-refractivity contribution in [1.82, 2.24) is 29.5 Å². The molecule has 2 aliphatic rings. The molecule has 0 unspecified atom stereocenters. The Bertz CT molecular complexity index is 984. The SMILES string of the molecule is Cc1cc(N2CCN(c3cc(N4CCCC4)nc(C)n3)CC2)n2ncnc2n1. The first-order valence-corrected chi connectivity index (χ1v) is 9.95. The Morgan fingerprint density at radius 2 is 1.39 bits per heavy atom. The van der Waals surface area contributed by atoms with Gasteiger partial charge in [-0.25, -0.2) is 15.0 Å². The number of aromatic nitrogens is 6.